The van der Waals surface area contributed by atoms with Gasteiger partial charge in [0.15, 0.2) is 17.5 Å². The molecule has 0 spiro atoms. The molecule has 2 aromatic heterocycles. The summed E-state index contributed by atoms with van der Waals surface area (Å²) in [6.07, 6.45) is 0. The van der Waals surface area contributed by atoms with Crippen molar-refractivity contribution in [3.8, 4) is 39.9 Å². The topological polar surface area (TPSA) is 43.6 Å². The number of fused-ring (bicyclic) bond motifs is 10. The summed E-state index contributed by atoms with van der Waals surface area (Å²) in [5.74, 6) is 1.92. The van der Waals surface area contributed by atoms with Crippen LogP contribution >= 0.6 is 0 Å². The summed E-state index contributed by atoms with van der Waals surface area (Å²) in [6, 6.07) is 59.7. The maximum atomic E-state index is 5.12. The lowest BCUT2D eigenvalue weighted by Gasteiger charge is -2.15. The van der Waals surface area contributed by atoms with Crippen LogP contribution in [0.3, 0.4) is 0 Å². The molecule has 0 radical (unpaired) electrons. The molecule has 0 aliphatic rings. The molecule has 0 atom stereocenters. The predicted molar refractivity (Wildman–Crippen MR) is 203 cm³/mol. The van der Waals surface area contributed by atoms with Crippen LogP contribution < -0.4 is 0 Å². The highest BCUT2D eigenvalue weighted by atomic mass is 15.1. The van der Waals surface area contributed by atoms with Crippen LogP contribution in [0, 0.1) is 0 Å². The number of hydrogen-bond acceptors (Lipinski definition) is 3. The quantitative estimate of drug-likeness (QED) is 0.183. The Morgan fingerprint density at radius 3 is 1.43 bits per heavy atom. The SMILES string of the molecule is c1ccc(-c2nc(-c3ccccc3)nc(-c3ccccc3-n3c4ccccc4c4c5c6ccccc6c6ccccc6c5ccc43)n2)cc1. The monoisotopic (exact) mass is 624 g/mol. The average molecular weight is 625 g/mol. The van der Waals surface area contributed by atoms with Crippen molar-refractivity contribution >= 4 is 54.1 Å². The van der Waals surface area contributed by atoms with Crippen molar-refractivity contribution in [2.75, 3.05) is 0 Å². The fraction of sp³-hybridized carbons (Fsp3) is 0. The summed E-state index contributed by atoms with van der Waals surface area (Å²) >= 11 is 0. The first-order valence-corrected chi connectivity index (χ1v) is 16.6. The van der Waals surface area contributed by atoms with Crippen LogP contribution in [0.25, 0.3) is 94.0 Å². The van der Waals surface area contributed by atoms with Gasteiger partial charge in [-0.1, -0.05) is 146 Å². The van der Waals surface area contributed by atoms with Crippen LogP contribution in [0.2, 0.25) is 0 Å². The first-order chi connectivity index (χ1) is 24.3. The van der Waals surface area contributed by atoms with Crippen LogP contribution in [-0.2, 0) is 0 Å². The molecule has 0 amide bonds. The Bertz CT molecular complexity index is 2780. The van der Waals surface area contributed by atoms with Crippen molar-refractivity contribution in [3.05, 3.63) is 170 Å². The van der Waals surface area contributed by atoms with Gasteiger partial charge >= 0.3 is 0 Å². The molecule has 4 nitrogen and oxygen atoms in total. The summed E-state index contributed by atoms with van der Waals surface area (Å²) in [6.45, 7) is 0. The number of aromatic nitrogens is 4. The largest absolute Gasteiger partial charge is 0.308 e. The molecule has 0 saturated carbocycles. The second-order valence-corrected chi connectivity index (χ2v) is 12.4. The molecule has 8 aromatic carbocycles. The van der Waals surface area contributed by atoms with Gasteiger partial charge in [0.25, 0.3) is 0 Å². The molecule has 0 unspecified atom stereocenters. The van der Waals surface area contributed by atoms with Crippen molar-refractivity contribution in [1.29, 1.82) is 0 Å². The second kappa shape index (κ2) is 11.0. The fourth-order valence-electron chi connectivity index (χ4n) is 7.50. The van der Waals surface area contributed by atoms with E-state index in [-0.39, 0.29) is 0 Å². The Labute approximate surface area is 282 Å². The minimum atomic E-state index is 0.631. The zero-order valence-electron chi connectivity index (χ0n) is 26.5. The summed E-state index contributed by atoms with van der Waals surface area (Å²) in [5, 5.41) is 10.1. The molecule has 10 aromatic rings. The molecule has 0 saturated heterocycles. The zero-order valence-corrected chi connectivity index (χ0v) is 26.5. The number of hydrogen-bond donors (Lipinski definition) is 0. The van der Waals surface area contributed by atoms with Gasteiger partial charge in [-0.3, -0.25) is 0 Å². The Balaban J connectivity index is 1.31. The zero-order chi connectivity index (χ0) is 32.3. The van der Waals surface area contributed by atoms with Gasteiger partial charge in [0.1, 0.15) is 0 Å². The maximum Gasteiger partial charge on any atom is 0.166 e. The molecule has 0 N–H and O–H groups in total. The van der Waals surface area contributed by atoms with Gasteiger partial charge in [0.05, 0.1) is 16.7 Å². The standard InChI is InChI=1S/C45H28N4/c1-3-15-29(16-4-1)43-46-44(30-17-5-2-6-18-30)48-45(47-43)37-24-12-14-26-39(37)49-38-25-13-11-23-36(38)42-40(49)28-27-35-33-21-8-7-19-31(33)32-20-9-10-22-34(32)41(35)42/h1-28H. The van der Waals surface area contributed by atoms with E-state index >= 15 is 0 Å². The first-order valence-electron chi connectivity index (χ1n) is 16.6. The second-order valence-electron chi connectivity index (χ2n) is 12.4. The summed E-state index contributed by atoms with van der Waals surface area (Å²) < 4.78 is 2.39. The van der Waals surface area contributed by atoms with Crippen LogP contribution in [0.5, 0.6) is 0 Å². The average Bonchev–Trinajstić information content (AvgIpc) is 3.53. The van der Waals surface area contributed by atoms with E-state index < -0.39 is 0 Å². The molecule has 2 heterocycles. The van der Waals surface area contributed by atoms with E-state index in [0.717, 1.165) is 33.4 Å². The highest BCUT2D eigenvalue weighted by Crippen LogP contribution is 2.44. The highest BCUT2D eigenvalue weighted by Gasteiger charge is 2.21. The van der Waals surface area contributed by atoms with Gasteiger partial charge in [-0.25, -0.2) is 15.0 Å². The van der Waals surface area contributed by atoms with Crippen LogP contribution in [0.15, 0.2) is 170 Å². The lowest BCUT2D eigenvalue weighted by molar-refractivity contribution is 1.06. The van der Waals surface area contributed by atoms with Gasteiger partial charge < -0.3 is 4.57 Å². The van der Waals surface area contributed by atoms with E-state index in [4.69, 9.17) is 15.0 Å². The van der Waals surface area contributed by atoms with Crippen molar-refractivity contribution in [3.63, 3.8) is 0 Å². The van der Waals surface area contributed by atoms with E-state index in [9.17, 15) is 0 Å². The number of nitrogens with zero attached hydrogens (tertiary/aromatic N) is 4. The Morgan fingerprint density at radius 2 is 0.776 bits per heavy atom. The van der Waals surface area contributed by atoms with E-state index in [1.165, 1.54) is 43.1 Å². The molecule has 0 bridgehead atoms. The number of benzene rings is 8. The summed E-state index contributed by atoms with van der Waals surface area (Å²) in [5.41, 5.74) is 6.12. The third-order valence-corrected chi connectivity index (χ3v) is 9.63. The van der Waals surface area contributed by atoms with Crippen LogP contribution in [0.4, 0.5) is 0 Å². The lowest BCUT2D eigenvalue weighted by Crippen LogP contribution is -2.03. The van der Waals surface area contributed by atoms with E-state index in [2.05, 4.69) is 114 Å². The van der Waals surface area contributed by atoms with E-state index in [1.54, 1.807) is 0 Å². The fourth-order valence-corrected chi connectivity index (χ4v) is 7.50. The smallest absolute Gasteiger partial charge is 0.166 e. The van der Waals surface area contributed by atoms with Gasteiger partial charge in [-0.2, -0.15) is 0 Å². The molecular weight excluding hydrogens is 597 g/mol. The molecule has 0 aliphatic carbocycles. The highest BCUT2D eigenvalue weighted by molar-refractivity contribution is 6.35. The third kappa shape index (κ3) is 4.28. The summed E-state index contributed by atoms with van der Waals surface area (Å²) in [7, 11) is 0. The van der Waals surface area contributed by atoms with Crippen molar-refractivity contribution in [2.24, 2.45) is 0 Å². The van der Waals surface area contributed by atoms with Crippen molar-refractivity contribution in [1.82, 2.24) is 19.5 Å². The molecule has 0 fully saturated rings. The van der Waals surface area contributed by atoms with Crippen LogP contribution in [-0.4, -0.2) is 19.5 Å². The third-order valence-electron chi connectivity index (χ3n) is 9.63. The number of rotatable bonds is 4. The maximum absolute atomic E-state index is 5.12. The minimum absolute atomic E-state index is 0.631. The van der Waals surface area contributed by atoms with E-state index in [0.29, 0.717) is 17.5 Å². The van der Waals surface area contributed by atoms with Gasteiger partial charge in [0.2, 0.25) is 0 Å². The molecule has 10 rings (SSSR count). The van der Waals surface area contributed by atoms with Gasteiger partial charge in [-0.05, 0) is 51.2 Å². The van der Waals surface area contributed by atoms with Crippen molar-refractivity contribution in [2.45, 2.75) is 0 Å². The van der Waals surface area contributed by atoms with Crippen LogP contribution in [0.1, 0.15) is 0 Å². The normalized spacial score (nSPS) is 11.7. The Kier molecular flexibility index (Phi) is 6.15. The molecular formula is C45H28N4. The lowest BCUT2D eigenvalue weighted by atomic mass is 9.92. The molecule has 0 aliphatic heterocycles. The Hall–Kier alpha value is -6.65. The van der Waals surface area contributed by atoms with Gasteiger partial charge in [0, 0.05) is 32.8 Å². The Morgan fingerprint density at radius 1 is 0.306 bits per heavy atom. The molecule has 49 heavy (non-hydrogen) atoms. The predicted octanol–water partition coefficient (Wildman–Crippen LogP) is 11.4. The first kappa shape index (κ1) is 27.5. The van der Waals surface area contributed by atoms with E-state index in [1.807, 2.05) is 60.7 Å². The summed E-state index contributed by atoms with van der Waals surface area (Å²) in [4.78, 5) is 15.2. The minimum Gasteiger partial charge on any atom is -0.308 e. The molecule has 4 heteroatoms. The van der Waals surface area contributed by atoms with Crippen molar-refractivity contribution < 1.29 is 0 Å². The van der Waals surface area contributed by atoms with Gasteiger partial charge in [-0.15, -0.1) is 0 Å². The molecule has 228 valence electrons. The number of para-hydroxylation sites is 2.